The topological polar surface area (TPSA) is 105 Å². The molecular weight excluding hydrogens is 362 g/mol. The number of amides is 1. The lowest BCUT2D eigenvalue weighted by atomic mass is 10.0. The maximum Gasteiger partial charge on any atom is 0.342 e. The van der Waals surface area contributed by atoms with Gasteiger partial charge in [0, 0.05) is 10.8 Å². The summed E-state index contributed by atoms with van der Waals surface area (Å²) in [5, 5.41) is 23.8. The van der Waals surface area contributed by atoms with Crippen LogP contribution >= 0.6 is 0 Å². The molecule has 0 radical (unpaired) electrons. The molecule has 7 nitrogen and oxygen atoms in total. The van der Waals surface area contributed by atoms with E-state index in [4.69, 9.17) is 9.47 Å². The van der Waals surface area contributed by atoms with Gasteiger partial charge in [0.25, 0.3) is 5.91 Å². The van der Waals surface area contributed by atoms with Crippen LogP contribution < -0.4 is 10.1 Å². The molecule has 3 rings (SSSR count). The minimum absolute atomic E-state index is 0.175. The summed E-state index contributed by atoms with van der Waals surface area (Å²) in [5.74, 6) is -1.53. The molecule has 28 heavy (non-hydrogen) atoms. The molecule has 7 heteroatoms. The highest BCUT2D eigenvalue weighted by atomic mass is 16.5. The largest absolute Gasteiger partial charge is 0.507 e. The van der Waals surface area contributed by atoms with E-state index in [0.29, 0.717) is 22.2 Å². The van der Waals surface area contributed by atoms with Gasteiger partial charge in [0.2, 0.25) is 0 Å². The van der Waals surface area contributed by atoms with Crippen molar-refractivity contribution in [2.45, 2.75) is 13.0 Å². The van der Waals surface area contributed by atoms with Crippen LogP contribution in [-0.2, 0) is 9.53 Å². The molecular formula is C21H19NO6. The van der Waals surface area contributed by atoms with Gasteiger partial charge in [0.1, 0.15) is 22.8 Å². The van der Waals surface area contributed by atoms with E-state index in [2.05, 4.69) is 5.32 Å². The maximum atomic E-state index is 12.5. The summed E-state index contributed by atoms with van der Waals surface area (Å²) in [6, 6.07) is 14.5. The van der Waals surface area contributed by atoms with Crippen molar-refractivity contribution in [1.29, 1.82) is 0 Å². The Kier molecular flexibility index (Phi) is 5.35. The molecule has 3 aromatic rings. The van der Waals surface area contributed by atoms with Crippen LogP contribution in [0.3, 0.4) is 0 Å². The fraction of sp³-hybridized carbons (Fsp3) is 0.143. The average Bonchev–Trinajstić information content (AvgIpc) is 2.71. The molecule has 0 aliphatic carbocycles. The van der Waals surface area contributed by atoms with E-state index in [1.54, 1.807) is 48.5 Å². The van der Waals surface area contributed by atoms with Crippen LogP contribution in [0.1, 0.15) is 17.3 Å². The third kappa shape index (κ3) is 3.68. The first-order valence-electron chi connectivity index (χ1n) is 8.51. The number of hydrogen-bond donors (Lipinski definition) is 3. The third-order valence-electron chi connectivity index (χ3n) is 4.23. The number of benzene rings is 3. The number of ether oxygens (including phenoxy) is 2. The smallest absolute Gasteiger partial charge is 0.342 e. The fourth-order valence-corrected chi connectivity index (χ4v) is 2.76. The summed E-state index contributed by atoms with van der Waals surface area (Å²) >= 11 is 0. The highest BCUT2D eigenvalue weighted by Gasteiger charge is 2.23. The Bertz CT molecular complexity index is 1050. The number of phenolic OH excluding ortho intramolecular Hbond substituents is 2. The molecule has 0 aliphatic rings. The van der Waals surface area contributed by atoms with Gasteiger partial charge in [-0.2, -0.15) is 0 Å². The zero-order valence-electron chi connectivity index (χ0n) is 15.3. The lowest BCUT2D eigenvalue weighted by molar-refractivity contribution is -0.123. The number of rotatable bonds is 5. The van der Waals surface area contributed by atoms with Gasteiger partial charge in [0.05, 0.1) is 12.8 Å². The summed E-state index contributed by atoms with van der Waals surface area (Å²) < 4.78 is 10.3. The normalized spacial score (nSPS) is 11.6. The number of esters is 1. The first-order chi connectivity index (χ1) is 13.4. The van der Waals surface area contributed by atoms with E-state index in [9.17, 15) is 19.8 Å². The van der Waals surface area contributed by atoms with Crippen LogP contribution in [0.25, 0.3) is 10.8 Å². The van der Waals surface area contributed by atoms with Crippen molar-refractivity contribution < 1.29 is 29.3 Å². The first kappa shape index (κ1) is 19.0. The van der Waals surface area contributed by atoms with Gasteiger partial charge in [-0.15, -0.1) is 0 Å². The van der Waals surface area contributed by atoms with Crippen molar-refractivity contribution in [3.05, 3.63) is 60.2 Å². The SMILES string of the molecule is COc1ccccc1NC(=O)[C@@H](C)OC(=O)c1cc(O)c2ccccc2c1O. The number of carbonyl (C=O) groups is 2. The molecule has 0 aliphatic heterocycles. The molecule has 144 valence electrons. The van der Waals surface area contributed by atoms with Crippen LogP contribution in [0.5, 0.6) is 17.2 Å². The van der Waals surface area contributed by atoms with Crippen molar-refractivity contribution >= 4 is 28.3 Å². The second kappa shape index (κ2) is 7.87. The van der Waals surface area contributed by atoms with E-state index in [-0.39, 0.29) is 17.1 Å². The summed E-state index contributed by atoms with van der Waals surface area (Å²) in [4.78, 5) is 24.8. The second-order valence-corrected chi connectivity index (χ2v) is 6.07. The summed E-state index contributed by atoms with van der Waals surface area (Å²) in [7, 11) is 1.48. The van der Waals surface area contributed by atoms with Gasteiger partial charge in [0.15, 0.2) is 6.10 Å². The van der Waals surface area contributed by atoms with Crippen LogP contribution in [0, 0.1) is 0 Å². The monoisotopic (exact) mass is 381 g/mol. The zero-order valence-corrected chi connectivity index (χ0v) is 15.3. The molecule has 3 aromatic carbocycles. The number of carbonyl (C=O) groups excluding carboxylic acids is 2. The standard InChI is InChI=1S/C21H19NO6/c1-12(20(25)22-16-9-5-6-10-18(16)27-2)28-21(26)15-11-17(23)13-7-3-4-8-14(13)19(15)24/h3-12,23-24H,1-2H3,(H,22,25)/t12-/m1/s1. The Hall–Kier alpha value is -3.74. The van der Waals surface area contributed by atoms with E-state index in [1.807, 2.05) is 0 Å². The number of aromatic hydroxyl groups is 2. The number of phenols is 2. The Morgan fingerprint density at radius 2 is 1.64 bits per heavy atom. The van der Waals surface area contributed by atoms with Crippen molar-refractivity contribution in [3.63, 3.8) is 0 Å². The van der Waals surface area contributed by atoms with E-state index in [1.165, 1.54) is 14.0 Å². The third-order valence-corrected chi connectivity index (χ3v) is 4.23. The van der Waals surface area contributed by atoms with Crippen molar-refractivity contribution in [3.8, 4) is 17.2 Å². The Labute approximate surface area is 161 Å². The molecule has 1 atom stereocenters. The number of para-hydroxylation sites is 2. The van der Waals surface area contributed by atoms with Crippen LogP contribution in [-0.4, -0.2) is 35.3 Å². The quantitative estimate of drug-likeness (QED) is 0.462. The first-order valence-corrected chi connectivity index (χ1v) is 8.51. The molecule has 1 amide bonds. The molecule has 0 aromatic heterocycles. The van der Waals surface area contributed by atoms with Crippen molar-refractivity contribution in [2.24, 2.45) is 0 Å². The molecule has 0 fully saturated rings. The van der Waals surface area contributed by atoms with Gasteiger partial charge in [-0.05, 0) is 25.1 Å². The molecule has 0 spiro atoms. The fourth-order valence-electron chi connectivity index (χ4n) is 2.76. The molecule has 0 saturated carbocycles. The molecule has 0 unspecified atom stereocenters. The van der Waals surface area contributed by atoms with Crippen molar-refractivity contribution in [1.82, 2.24) is 0 Å². The summed E-state index contributed by atoms with van der Waals surface area (Å²) in [6.07, 6.45) is -1.15. The highest BCUT2D eigenvalue weighted by Crippen LogP contribution is 2.35. The zero-order chi connectivity index (χ0) is 20.3. The Morgan fingerprint density at radius 3 is 2.36 bits per heavy atom. The van der Waals surface area contributed by atoms with Crippen LogP contribution in [0.2, 0.25) is 0 Å². The highest BCUT2D eigenvalue weighted by molar-refractivity contribution is 6.05. The van der Waals surface area contributed by atoms with Crippen molar-refractivity contribution in [2.75, 3.05) is 12.4 Å². The Morgan fingerprint density at radius 1 is 1.00 bits per heavy atom. The predicted molar refractivity (Wildman–Crippen MR) is 104 cm³/mol. The number of anilines is 1. The number of hydrogen-bond acceptors (Lipinski definition) is 6. The summed E-state index contributed by atoms with van der Waals surface area (Å²) in [5.41, 5.74) is 0.206. The molecule has 3 N–H and O–H groups in total. The van der Waals surface area contributed by atoms with E-state index >= 15 is 0 Å². The van der Waals surface area contributed by atoms with E-state index < -0.39 is 18.0 Å². The van der Waals surface area contributed by atoms with Crippen LogP contribution in [0.15, 0.2) is 54.6 Å². The second-order valence-electron chi connectivity index (χ2n) is 6.07. The van der Waals surface area contributed by atoms with Gasteiger partial charge in [-0.3, -0.25) is 4.79 Å². The average molecular weight is 381 g/mol. The maximum absolute atomic E-state index is 12.5. The van der Waals surface area contributed by atoms with E-state index in [0.717, 1.165) is 6.07 Å². The molecule has 0 heterocycles. The summed E-state index contributed by atoms with van der Waals surface area (Å²) in [6.45, 7) is 1.40. The number of nitrogens with one attached hydrogen (secondary N) is 1. The van der Waals surface area contributed by atoms with Gasteiger partial charge in [-0.1, -0.05) is 36.4 Å². The lowest BCUT2D eigenvalue weighted by Crippen LogP contribution is -2.30. The minimum Gasteiger partial charge on any atom is -0.507 e. The number of fused-ring (bicyclic) bond motifs is 1. The van der Waals surface area contributed by atoms with Gasteiger partial charge >= 0.3 is 5.97 Å². The lowest BCUT2D eigenvalue weighted by Gasteiger charge is -2.16. The molecule has 0 bridgehead atoms. The molecule has 0 saturated heterocycles. The minimum atomic E-state index is -1.15. The van der Waals surface area contributed by atoms with Gasteiger partial charge < -0.3 is 25.0 Å². The Balaban J connectivity index is 1.78. The van der Waals surface area contributed by atoms with Crippen LogP contribution in [0.4, 0.5) is 5.69 Å². The predicted octanol–water partition coefficient (Wildman–Crippen LogP) is 3.44. The van der Waals surface area contributed by atoms with Gasteiger partial charge in [-0.25, -0.2) is 4.79 Å². The number of methoxy groups -OCH3 is 1.